The summed E-state index contributed by atoms with van der Waals surface area (Å²) < 4.78 is 20.4. The van der Waals surface area contributed by atoms with E-state index in [-0.39, 0.29) is 5.82 Å². The summed E-state index contributed by atoms with van der Waals surface area (Å²) in [6.07, 6.45) is 3.13. The molecule has 0 amide bonds. The number of rotatable bonds is 6. The Morgan fingerprint density at radius 2 is 1.59 bits per heavy atom. The second kappa shape index (κ2) is 9.94. The van der Waals surface area contributed by atoms with Gasteiger partial charge in [0.05, 0.1) is 6.61 Å². The Bertz CT molecular complexity index is 1010. The van der Waals surface area contributed by atoms with Gasteiger partial charge in [-0.05, 0) is 72.9 Å². The first kappa shape index (κ1) is 20.7. The normalized spacial score (nSPS) is 10.3. The Balaban J connectivity index is 1.80. The van der Waals surface area contributed by atoms with Gasteiger partial charge in [-0.15, -0.1) is 0 Å². The minimum Gasteiger partial charge on any atom is -0.494 e. The van der Waals surface area contributed by atoms with Crippen molar-refractivity contribution < 1.29 is 9.13 Å². The summed E-state index contributed by atoms with van der Waals surface area (Å²) in [6.45, 7) is 6.91. The van der Waals surface area contributed by atoms with Gasteiger partial charge in [0.15, 0.2) is 0 Å². The molecule has 29 heavy (non-hydrogen) atoms. The molecule has 1 nitrogen and oxygen atoms in total. The van der Waals surface area contributed by atoms with E-state index in [0.717, 1.165) is 41.7 Å². The largest absolute Gasteiger partial charge is 0.494 e. The molecule has 3 aromatic rings. The van der Waals surface area contributed by atoms with Gasteiger partial charge in [-0.1, -0.05) is 56.4 Å². The Morgan fingerprint density at radius 3 is 2.24 bits per heavy atom. The number of hydrogen-bond acceptors (Lipinski definition) is 1. The molecule has 0 aliphatic heterocycles. The van der Waals surface area contributed by atoms with Crippen molar-refractivity contribution in [1.29, 1.82) is 0 Å². The zero-order chi connectivity index (χ0) is 20.6. The fourth-order valence-corrected chi connectivity index (χ4v) is 3.17. The van der Waals surface area contributed by atoms with Gasteiger partial charge in [-0.3, -0.25) is 0 Å². The van der Waals surface area contributed by atoms with E-state index in [1.807, 2.05) is 49.4 Å². The van der Waals surface area contributed by atoms with Crippen molar-refractivity contribution in [2.24, 2.45) is 0 Å². The summed E-state index contributed by atoms with van der Waals surface area (Å²) in [5, 5.41) is 0. The lowest BCUT2D eigenvalue weighted by molar-refractivity contribution is 0.317. The smallest absolute Gasteiger partial charge is 0.132 e. The van der Waals surface area contributed by atoms with E-state index in [0.29, 0.717) is 17.7 Å². The molecule has 0 spiro atoms. The van der Waals surface area contributed by atoms with Crippen LogP contribution in [0.4, 0.5) is 4.39 Å². The van der Waals surface area contributed by atoms with Gasteiger partial charge in [0.1, 0.15) is 11.6 Å². The van der Waals surface area contributed by atoms with Gasteiger partial charge in [0.25, 0.3) is 0 Å². The third kappa shape index (κ3) is 5.48. The lowest BCUT2D eigenvalue weighted by Crippen LogP contribution is -1.94. The molecule has 0 saturated heterocycles. The van der Waals surface area contributed by atoms with Gasteiger partial charge in [0.2, 0.25) is 0 Å². The molecule has 0 aliphatic carbocycles. The van der Waals surface area contributed by atoms with Crippen molar-refractivity contribution in [2.45, 2.75) is 40.0 Å². The standard InChI is InChI=1S/C27H27FO/c1-4-6-21-7-12-23(13-8-21)26-18-20(3)24(19-27(26)28)14-9-22-10-15-25(16-11-22)29-17-5-2/h7-8,10-13,15-16,18-19H,4-6,17H2,1-3H3. The summed E-state index contributed by atoms with van der Waals surface area (Å²) in [5.41, 5.74) is 5.35. The Hall–Kier alpha value is -3.05. The molecule has 0 unspecified atom stereocenters. The van der Waals surface area contributed by atoms with Gasteiger partial charge < -0.3 is 4.74 Å². The summed E-state index contributed by atoms with van der Waals surface area (Å²) in [5.74, 6) is 6.82. The zero-order valence-electron chi connectivity index (χ0n) is 17.4. The van der Waals surface area contributed by atoms with Gasteiger partial charge in [-0.2, -0.15) is 0 Å². The fourth-order valence-electron chi connectivity index (χ4n) is 3.17. The molecule has 0 saturated carbocycles. The van der Waals surface area contributed by atoms with Gasteiger partial charge in [0, 0.05) is 16.7 Å². The van der Waals surface area contributed by atoms with E-state index < -0.39 is 0 Å². The average molecular weight is 387 g/mol. The molecule has 0 radical (unpaired) electrons. The van der Waals surface area contributed by atoms with Crippen LogP contribution in [0, 0.1) is 24.6 Å². The maximum Gasteiger partial charge on any atom is 0.132 e. The molecular formula is C27H27FO. The SMILES string of the molecule is CCCOc1ccc(C#Cc2cc(F)c(-c3ccc(CCC)cc3)cc2C)cc1. The Kier molecular flexibility index (Phi) is 7.09. The van der Waals surface area contributed by atoms with E-state index in [9.17, 15) is 4.39 Å². The first-order valence-electron chi connectivity index (χ1n) is 10.2. The molecule has 3 aromatic carbocycles. The third-order valence-corrected chi connectivity index (χ3v) is 4.79. The minimum atomic E-state index is -0.244. The molecule has 148 valence electrons. The number of benzene rings is 3. The molecule has 0 bridgehead atoms. The highest BCUT2D eigenvalue weighted by molar-refractivity contribution is 5.67. The first-order chi connectivity index (χ1) is 14.1. The summed E-state index contributed by atoms with van der Waals surface area (Å²) >= 11 is 0. The lowest BCUT2D eigenvalue weighted by atomic mass is 9.97. The minimum absolute atomic E-state index is 0.244. The highest BCUT2D eigenvalue weighted by Gasteiger charge is 2.08. The summed E-state index contributed by atoms with van der Waals surface area (Å²) in [7, 11) is 0. The van der Waals surface area contributed by atoms with Crippen LogP contribution in [0.3, 0.4) is 0 Å². The topological polar surface area (TPSA) is 9.23 Å². The Morgan fingerprint density at radius 1 is 0.862 bits per heavy atom. The molecule has 0 fully saturated rings. The second-order valence-electron chi connectivity index (χ2n) is 7.22. The van der Waals surface area contributed by atoms with Gasteiger partial charge >= 0.3 is 0 Å². The van der Waals surface area contributed by atoms with Crippen molar-refractivity contribution in [1.82, 2.24) is 0 Å². The highest BCUT2D eigenvalue weighted by Crippen LogP contribution is 2.26. The molecule has 0 aliphatic rings. The number of aryl methyl sites for hydroxylation is 2. The third-order valence-electron chi connectivity index (χ3n) is 4.79. The molecule has 0 atom stereocenters. The number of halogens is 1. The van der Waals surface area contributed by atoms with Crippen LogP contribution in [0.5, 0.6) is 5.75 Å². The molecule has 0 N–H and O–H groups in total. The van der Waals surface area contributed by atoms with Crippen LogP contribution >= 0.6 is 0 Å². The number of ether oxygens (including phenoxy) is 1. The molecule has 0 aromatic heterocycles. The van der Waals surface area contributed by atoms with E-state index in [1.54, 1.807) is 0 Å². The van der Waals surface area contributed by atoms with Crippen molar-refractivity contribution >= 4 is 0 Å². The fraction of sp³-hybridized carbons (Fsp3) is 0.259. The van der Waals surface area contributed by atoms with Crippen molar-refractivity contribution in [3.05, 3.63) is 88.7 Å². The predicted octanol–water partition coefficient (Wildman–Crippen LogP) is 6.94. The van der Waals surface area contributed by atoms with Gasteiger partial charge in [-0.25, -0.2) is 4.39 Å². The van der Waals surface area contributed by atoms with Crippen molar-refractivity contribution in [3.63, 3.8) is 0 Å². The highest BCUT2D eigenvalue weighted by atomic mass is 19.1. The van der Waals surface area contributed by atoms with E-state index in [2.05, 4.69) is 37.8 Å². The van der Waals surface area contributed by atoms with Crippen LogP contribution in [-0.4, -0.2) is 6.61 Å². The zero-order valence-corrected chi connectivity index (χ0v) is 17.4. The van der Waals surface area contributed by atoms with Crippen LogP contribution < -0.4 is 4.74 Å². The second-order valence-corrected chi connectivity index (χ2v) is 7.22. The predicted molar refractivity (Wildman–Crippen MR) is 119 cm³/mol. The monoisotopic (exact) mass is 386 g/mol. The quantitative estimate of drug-likeness (QED) is 0.417. The van der Waals surface area contributed by atoms with Crippen LogP contribution in [0.15, 0.2) is 60.7 Å². The van der Waals surface area contributed by atoms with E-state index in [1.165, 1.54) is 11.6 Å². The average Bonchev–Trinajstić information content (AvgIpc) is 2.74. The maximum absolute atomic E-state index is 14.8. The van der Waals surface area contributed by atoms with Crippen LogP contribution in [0.2, 0.25) is 0 Å². The molecule has 3 rings (SSSR count). The first-order valence-corrected chi connectivity index (χ1v) is 10.2. The summed E-state index contributed by atoms with van der Waals surface area (Å²) in [6, 6.07) is 19.3. The summed E-state index contributed by atoms with van der Waals surface area (Å²) in [4.78, 5) is 0. The van der Waals surface area contributed by atoms with Crippen molar-refractivity contribution in [3.8, 4) is 28.7 Å². The van der Waals surface area contributed by atoms with Crippen LogP contribution in [0.25, 0.3) is 11.1 Å². The molecule has 2 heteroatoms. The van der Waals surface area contributed by atoms with Crippen LogP contribution in [-0.2, 0) is 6.42 Å². The molecular weight excluding hydrogens is 359 g/mol. The molecule has 0 heterocycles. The van der Waals surface area contributed by atoms with Crippen molar-refractivity contribution in [2.75, 3.05) is 6.61 Å². The van der Waals surface area contributed by atoms with Crippen LogP contribution in [0.1, 0.15) is 48.9 Å². The van der Waals surface area contributed by atoms with E-state index in [4.69, 9.17) is 4.74 Å². The lowest BCUT2D eigenvalue weighted by Gasteiger charge is -2.08. The Labute approximate surface area is 173 Å². The number of hydrogen-bond donors (Lipinski definition) is 0. The maximum atomic E-state index is 14.8. The van der Waals surface area contributed by atoms with E-state index >= 15 is 0 Å².